The monoisotopic (exact) mass is 278 g/mol. The summed E-state index contributed by atoms with van der Waals surface area (Å²) in [7, 11) is 0. The second-order valence-corrected chi connectivity index (χ2v) is 6.11. The van der Waals surface area contributed by atoms with E-state index in [0.29, 0.717) is 5.95 Å². The number of benzene rings is 1. The zero-order chi connectivity index (χ0) is 14.9. The maximum Gasteiger partial charge on any atom is 0.223 e. The van der Waals surface area contributed by atoms with Gasteiger partial charge in [0.05, 0.1) is 0 Å². The summed E-state index contributed by atoms with van der Waals surface area (Å²) in [6.07, 6.45) is 7.37. The lowest BCUT2D eigenvalue weighted by Crippen LogP contribution is -2.27. The van der Waals surface area contributed by atoms with E-state index in [4.69, 9.17) is 0 Å². The summed E-state index contributed by atoms with van der Waals surface area (Å²) in [5, 5.41) is 5.56. The smallest absolute Gasteiger partial charge is 0.223 e. The fraction of sp³-hybridized carbons (Fsp3) is 0.235. The van der Waals surface area contributed by atoms with Crippen molar-refractivity contribution in [2.24, 2.45) is 0 Å². The summed E-state index contributed by atoms with van der Waals surface area (Å²) in [5.74, 6) is 0.649. The molecule has 0 saturated heterocycles. The van der Waals surface area contributed by atoms with E-state index in [1.165, 1.54) is 5.39 Å². The lowest BCUT2D eigenvalue weighted by atomic mass is 10.1. The molecule has 3 rings (SSSR count). The van der Waals surface area contributed by atoms with E-state index < -0.39 is 0 Å². The van der Waals surface area contributed by atoms with Crippen molar-refractivity contribution in [3.8, 4) is 11.1 Å². The molecule has 21 heavy (non-hydrogen) atoms. The minimum atomic E-state index is -0.0442. The highest BCUT2D eigenvalue weighted by molar-refractivity contribution is 5.86. The predicted molar refractivity (Wildman–Crippen MR) is 86.1 cm³/mol. The van der Waals surface area contributed by atoms with Crippen LogP contribution in [0, 0.1) is 0 Å². The normalized spacial score (nSPS) is 11.6. The lowest BCUT2D eigenvalue weighted by Gasteiger charge is -2.20. The summed E-state index contributed by atoms with van der Waals surface area (Å²) in [4.78, 5) is 12.9. The van der Waals surface area contributed by atoms with E-state index in [1.54, 1.807) is 6.20 Å². The first-order valence-corrected chi connectivity index (χ1v) is 6.96. The molecule has 0 saturated carbocycles. The summed E-state index contributed by atoms with van der Waals surface area (Å²) in [5.41, 5.74) is 2.07. The number of anilines is 1. The van der Waals surface area contributed by atoms with Gasteiger partial charge in [0.2, 0.25) is 5.95 Å². The van der Waals surface area contributed by atoms with E-state index in [0.717, 1.165) is 16.5 Å². The van der Waals surface area contributed by atoms with Gasteiger partial charge in [-0.3, -0.25) is 4.98 Å². The molecule has 0 aliphatic carbocycles. The van der Waals surface area contributed by atoms with Crippen molar-refractivity contribution in [3.63, 3.8) is 0 Å². The molecule has 4 heteroatoms. The van der Waals surface area contributed by atoms with Crippen molar-refractivity contribution < 1.29 is 0 Å². The maximum absolute atomic E-state index is 4.39. The van der Waals surface area contributed by atoms with E-state index in [9.17, 15) is 0 Å². The molecule has 2 heterocycles. The average molecular weight is 278 g/mol. The summed E-state index contributed by atoms with van der Waals surface area (Å²) >= 11 is 0. The Morgan fingerprint density at radius 2 is 1.62 bits per heavy atom. The van der Waals surface area contributed by atoms with Gasteiger partial charge in [-0.25, -0.2) is 9.97 Å². The van der Waals surface area contributed by atoms with Crippen molar-refractivity contribution in [1.29, 1.82) is 0 Å². The molecule has 0 atom stereocenters. The van der Waals surface area contributed by atoms with Crippen LogP contribution < -0.4 is 5.32 Å². The van der Waals surface area contributed by atoms with Crippen LogP contribution in [0.5, 0.6) is 0 Å². The standard InChI is InChI=1S/C17H18N4/c1-17(2,3)21-16-19-10-15(11-20-16)12-4-5-14-9-18-7-6-13(14)8-12/h4-11H,1-3H3,(H,19,20,21). The minimum absolute atomic E-state index is 0.0442. The molecule has 0 unspecified atom stereocenters. The molecule has 0 amide bonds. The van der Waals surface area contributed by atoms with Gasteiger partial charge in [0.15, 0.2) is 0 Å². The fourth-order valence-corrected chi connectivity index (χ4v) is 2.14. The Morgan fingerprint density at radius 3 is 2.33 bits per heavy atom. The SMILES string of the molecule is CC(C)(C)Nc1ncc(-c2ccc3cnccc3c2)cn1. The lowest BCUT2D eigenvalue weighted by molar-refractivity contribution is 0.626. The molecule has 0 bridgehead atoms. The predicted octanol–water partition coefficient (Wildman–Crippen LogP) is 3.90. The van der Waals surface area contributed by atoms with Gasteiger partial charge in [-0.2, -0.15) is 0 Å². The molecule has 0 spiro atoms. The quantitative estimate of drug-likeness (QED) is 0.772. The van der Waals surface area contributed by atoms with Gasteiger partial charge in [-0.05, 0) is 43.9 Å². The average Bonchev–Trinajstić information content (AvgIpc) is 2.46. The topological polar surface area (TPSA) is 50.7 Å². The largest absolute Gasteiger partial charge is 0.350 e. The van der Waals surface area contributed by atoms with E-state index in [-0.39, 0.29) is 5.54 Å². The number of hydrogen-bond donors (Lipinski definition) is 1. The first kappa shape index (κ1) is 13.5. The third-order valence-electron chi connectivity index (χ3n) is 3.11. The molecule has 0 fully saturated rings. The highest BCUT2D eigenvalue weighted by Crippen LogP contribution is 2.23. The van der Waals surface area contributed by atoms with Gasteiger partial charge in [0.25, 0.3) is 0 Å². The zero-order valence-electron chi connectivity index (χ0n) is 12.5. The molecular weight excluding hydrogens is 260 g/mol. The zero-order valence-corrected chi connectivity index (χ0v) is 12.5. The number of nitrogens with zero attached hydrogens (tertiary/aromatic N) is 3. The van der Waals surface area contributed by atoms with E-state index in [1.807, 2.05) is 24.7 Å². The number of fused-ring (bicyclic) bond motifs is 1. The van der Waals surface area contributed by atoms with E-state index in [2.05, 4.69) is 59.2 Å². The van der Waals surface area contributed by atoms with Gasteiger partial charge in [-0.15, -0.1) is 0 Å². The number of rotatable bonds is 2. The van der Waals surface area contributed by atoms with Crippen molar-refractivity contribution >= 4 is 16.7 Å². The summed E-state index contributed by atoms with van der Waals surface area (Å²) in [6.45, 7) is 6.25. The van der Waals surface area contributed by atoms with Crippen LogP contribution in [0.1, 0.15) is 20.8 Å². The Morgan fingerprint density at radius 1 is 0.857 bits per heavy atom. The highest BCUT2D eigenvalue weighted by atomic mass is 15.1. The Hall–Kier alpha value is -2.49. The Labute approximate surface area is 124 Å². The van der Waals surface area contributed by atoms with Crippen LogP contribution in [0.4, 0.5) is 5.95 Å². The van der Waals surface area contributed by atoms with Crippen LogP contribution in [0.3, 0.4) is 0 Å². The Bertz CT molecular complexity index is 758. The van der Waals surface area contributed by atoms with Crippen LogP contribution >= 0.6 is 0 Å². The van der Waals surface area contributed by atoms with Crippen molar-refractivity contribution in [3.05, 3.63) is 49.1 Å². The Balaban J connectivity index is 1.91. The third kappa shape index (κ3) is 3.16. The molecule has 2 aromatic heterocycles. The van der Waals surface area contributed by atoms with Crippen LogP contribution in [0.25, 0.3) is 21.9 Å². The highest BCUT2D eigenvalue weighted by Gasteiger charge is 2.11. The van der Waals surface area contributed by atoms with Crippen molar-refractivity contribution in [1.82, 2.24) is 15.0 Å². The Kier molecular flexibility index (Phi) is 3.29. The number of hydrogen-bond acceptors (Lipinski definition) is 4. The fourth-order valence-electron chi connectivity index (χ4n) is 2.14. The second-order valence-electron chi connectivity index (χ2n) is 6.11. The van der Waals surface area contributed by atoms with Gasteiger partial charge in [0, 0.05) is 41.3 Å². The first-order valence-electron chi connectivity index (χ1n) is 6.96. The van der Waals surface area contributed by atoms with Gasteiger partial charge >= 0.3 is 0 Å². The molecule has 1 aromatic carbocycles. The van der Waals surface area contributed by atoms with Gasteiger partial charge in [0.1, 0.15) is 0 Å². The molecular formula is C17H18N4. The van der Waals surface area contributed by atoms with Crippen molar-refractivity contribution in [2.45, 2.75) is 26.3 Å². The van der Waals surface area contributed by atoms with Crippen LogP contribution in [-0.2, 0) is 0 Å². The molecule has 0 aliphatic rings. The number of aromatic nitrogens is 3. The van der Waals surface area contributed by atoms with Gasteiger partial charge in [-0.1, -0.05) is 12.1 Å². The molecule has 0 radical (unpaired) electrons. The number of nitrogens with one attached hydrogen (secondary N) is 1. The molecule has 0 aliphatic heterocycles. The molecule has 4 nitrogen and oxygen atoms in total. The van der Waals surface area contributed by atoms with Crippen LogP contribution in [0.2, 0.25) is 0 Å². The van der Waals surface area contributed by atoms with Crippen LogP contribution in [0.15, 0.2) is 49.1 Å². The minimum Gasteiger partial charge on any atom is -0.350 e. The molecule has 106 valence electrons. The first-order chi connectivity index (χ1) is 10.0. The van der Waals surface area contributed by atoms with Gasteiger partial charge < -0.3 is 5.32 Å². The molecule has 3 aromatic rings. The summed E-state index contributed by atoms with van der Waals surface area (Å²) < 4.78 is 0. The third-order valence-corrected chi connectivity index (χ3v) is 3.11. The van der Waals surface area contributed by atoms with Crippen molar-refractivity contribution in [2.75, 3.05) is 5.32 Å². The van der Waals surface area contributed by atoms with E-state index >= 15 is 0 Å². The maximum atomic E-state index is 4.39. The summed E-state index contributed by atoms with van der Waals surface area (Å²) in [6, 6.07) is 8.28. The second kappa shape index (κ2) is 5.13. The number of pyridine rings is 1. The van der Waals surface area contributed by atoms with Crippen LogP contribution in [-0.4, -0.2) is 20.5 Å². The molecule has 1 N–H and O–H groups in total.